The van der Waals surface area contributed by atoms with Gasteiger partial charge in [-0.2, -0.15) is 0 Å². The number of benzene rings is 1. The van der Waals surface area contributed by atoms with Gasteiger partial charge >= 0.3 is 0 Å². The quantitative estimate of drug-likeness (QED) is 0.612. The number of carbonyl (C=O) groups is 3. The fourth-order valence-electron chi connectivity index (χ4n) is 2.11. The summed E-state index contributed by atoms with van der Waals surface area (Å²) in [5, 5.41) is 4.82. The van der Waals surface area contributed by atoms with Crippen molar-refractivity contribution >= 4 is 40.7 Å². The largest absolute Gasteiger partial charge is 0.482 e. The van der Waals surface area contributed by atoms with Gasteiger partial charge in [0.05, 0.1) is 9.90 Å². The summed E-state index contributed by atoms with van der Waals surface area (Å²) in [6.07, 6.45) is 0. The van der Waals surface area contributed by atoms with Crippen LogP contribution in [-0.4, -0.2) is 30.4 Å². The minimum absolute atomic E-state index is 0.176. The van der Waals surface area contributed by atoms with Gasteiger partial charge in [-0.05, 0) is 29.5 Å². The number of rotatable bonds is 7. The lowest BCUT2D eigenvalue weighted by Gasteiger charge is -2.21. The standard InChI is InChI=1S/C18H20ClN3O4S/c1-11(2)16(20-17(24)14-8-5-9-27-14)18(25)22-21-15(23)10-26-13-7-4-3-6-12(13)19/h3-9,11,16H,10H2,1-2H3,(H,20,24)(H,21,23)(H,22,25)/t16-/m1/s1. The number of hydrogen-bond donors (Lipinski definition) is 3. The molecule has 0 aliphatic rings. The molecule has 0 spiro atoms. The van der Waals surface area contributed by atoms with E-state index in [0.717, 1.165) is 0 Å². The highest BCUT2D eigenvalue weighted by Gasteiger charge is 2.25. The number of para-hydroxylation sites is 1. The van der Waals surface area contributed by atoms with Crippen molar-refractivity contribution in [3.8, 4) is 5.75 Å². The number of carbonyl (C=O) groups excluding carboxylic acids is 3. The number of halogens is 1. The minimum Gasteiger partial charge on any atom is -0.482 e. The Morgan fingerprint density at radius 3 is 2.48 bits per heavy atom. The van der Waals surface area contributed by atoms with Gasteiger partial charge in [-0.3, -0.25) is 25.2 Å². The van der Waals surface area contributed by atoms with Crippen molar-refractivity contribution in [2.24, 2.45) is 5.92 Å². The van der Waals surface area contributed by atoms with Crippen molar-refractivity contribution in [3.63, 3.8) is 0 Å². The fraction of sp³-hybridized carbons (Fsp3) is 0.278. The Bertz CT molecular complexity index is 796. The Kier molecular flexibility index (Phi) is 7.63. The predicted molar refractivity (Wildman–Crippen MR) is 104 cm³/mol. The van der Waals surface area contributed by atoms with Gasteiger partial charge in [0.15, 0.2) is 6.61 Å². The maximum absolute atomic E-state index is 12.3. The summed E-state index contributed by atoms with van der Waals surface area (Å²) in [5.74, 6) is -1.24. The summed E-state index contributed by atoms with van der Waals surface area (Å²) < 4.78 is 5.29. The van der Waals surface area contributed by atoms with E-state index in [4.69, 9.17) is 16.3 Å². The summed E-state index contributed by atoms with van der Waals surface area (Å²) in [5.41, 5.74) is 4.56. The second kappa shape index (κ2) is 9.94. The first-order valence-corrected chi connectivity index (χ1v) is 9.44. The summed E-state index contributed by atoms with van der Waals surface area (Å²) in [4.78, 5) is 36.8. The van der Waals surface area contributed by atoms with E-state index in [0.29, 0.717) is 15.6 Å². The molecule has 0 radical (unpaired) electrons. The number of amides is 3. The van der Waals surface area contributed by atoms with Crippen LogP contribution in [0.15, 0.2) is 41.8 Å². The first-order chi connectivity index (χ1) is 12.9. The van der Waals surface area contributed by atoms with Crippen molar-refractivity contribution in [2.45, 2.75) is 19.9 Å². The van der Waals surface area contributed by atoms with Crippen LogP contribution in [0.25, 0.3) is 0 Å². The van der Waals surface area contributed by atoms with Gasteiger partial charge in [-0.1, -0.05) is 43.6 Å². The van der Waals surface area contributed by atoms with E-state index in [-0.39, 0.29) is 18.4 Å². The molecule has 0 bridgehead atoms. The molecule has 2 aromatic rings. The van der Waals surface area contributed by atoms with Gasteiger partial charge in [0.25, 0.3) is 17.7 Å². The van der Waals surface area contributed by atoms with E-state index in [1.165, 1.54) is 11.3 Å². The normalized spacial score (nSPS) is 11.6. The average Bonchev–Trinajstić information content (AvgIpc) is 3.18. The Labute approximate surface area is 166 Å². The van der Waals surface area contributed by atoms with Crippen LogP contribution in [0.1, 0.15) is 23.5 Å². The molecule has 0 aliphatic carbocycles. The van der Waals surface area contributed by atoms with Crippen LogP contribution in [0.2, 0.25) is 5.02 Å². The van der Waals surface area contributed by atoms with Crippen LogP contribution in [0.5, 0.6) is 5.75 Å². The third-order valence-corrected chi connectivity index (χ3v) is 4.68. The molecular formula is C18H20ClN3O4S. The molecule has 3 N–H and O–H groups in total. The van der Waals surface area contributed by atoms with E-state index in [2.05, 4.69) is 16.2 Å². The Hall–Kier alpha value is -2.58. The Morgan fingerprint density at radius 2 is 1.85 bits per heavy atom. The Morgan fingerprint density at radius 1 is 1.11 bits per heavy atom. The first-order valence-electron chi connectivity index (χ1n) is 8.19. The first kappa shape index (κ1) is 20.7. The molecule has 0 fully saturated rings. The van der Waals surface area contributed by atoms with Crippen LogP contribution in [0, 0.1) is 5.92 Å². The molecule has 1 heterocycles. The zero-order valence-electron chi connectivity index (χ0n) is 14.8. The molecule has 7 nitrogen and oxygen atoms in total. The Balaban J connectivity index is 1.83. The highest BCUT2D eigenvalue weighted by molar-refractivity contribution is 7.12. The summed E-state index contributed by atoms with van der Waals surface area (Å²) in [6, 6.07) is 9.36. The summed E-state index contributed by atoms with van der Waals surface area (Å²) >= 11 is 7.22. The lowest BCUT2D eigenvalue weighted by molar-refractivity contribution is -0.131. The second-order valence-electron chi connectivity index (χ2n) is 5.93. The lowest BCUT2D eigenvalue weighted by Crippen LogP contribution is -2.54. The van der Waals surface area contributed by atoms with Gasteiger partial charge in [0, 0.05) is 0 Å². The van der Waals surface area contributed by atoms with E-state index < -0.39 is 17.9 Å². The van der Waals surface area contributed by atoms with Gasteiger partial charge in [0.1, 0.15) is 11.8 Å². The van der Waals surface area contributed by atoms with E-state index in [9.17, 15) is 14.4 Å². The number of nitrogens with one attached hydrogen (secondary N) is 3. The zero-order valence-corrected chi connectivity index (χ0v) is 16.4. The molecule has 9 heteroatoms. The zero-order chi connectivity index (χ0) is 19.8. The number of ether oxygens (including phenoxy) is 1. The predicted octanol–water partition coefficient (Wildman–Crippen LogP) is 2.38. The minimum atomic E-state index is -0.801. The van der Waals surface area contributed by atoms with Gasteiger partial charge < -0.3 is 10.1 Å². The topological polar surface area (TPSA) is 96.5 Å². The summed E-state index contributed by atoms with van der Waals surface area (Å²) in [7, 11) is 0. The molecule has 0 unspecified atom stereocenters. The van der Waals surface area contributed by atoms with Crippen molar-refractivity contribution in [1.82, 2.24) is 16.2 Å². The highest BCUT2D eigenvalue weighted by atomic mass is 35.5. The fourth-order valence-corrected chi connectivity index (χ4v) is 2.92. The van der Waals surface area contributed by atoms with E-state index >= 15 is 0 Å². The van der Waals surface area contributed by atoms with Gasteiger partial charge in [-0.25, -0.2) is 0 Å². The van der Waals surface area contributed by atoms with Gasteiger partial charge in [0.2, 0.25) is 0 Å². The monoisotopic (exact) mass is 409 g/mol. The third-order valence-electron chi connectivity index (χ3n) is 3.50. The number of hydrazine groups is 1. The molecule has 1 aromatic heterocycles. The third kappa shape index (κ3) is 6.26. The maximum Gasteiger partial charge on any atom is 0.276 e. The van der Waals surface area contributed by atoms with Crippen LogP contribution in [-0.2, 0) is 9.59 Å². The molecule has 0 saturated carbocycles. The van der Waals surface area contributed by atoms with Crippen LogP contribution in [0.3, 0.4) is 0 Å². The van der Waals surface area contributed by atoms with Crippen molar-refractivity contribution in [1.29, 1.82) is 0 Å². The molecule has 1 aromatic carbocycles. The van der Waals surface area contributed by atoms with Crippen molar-refractivity contribution in [2.75, 3.05) is 6.61 Å². The van der Waals surface area contributed by atoms with Crippen LogP contribution < -0.4 is 20.9 Å². The number of thiophene rings is 1. The molecule has 0 aliphatic heterocycles. The lowest BCUT2D eigenvalue weighted by atomic mass is 10.0. The van der Waals surface area contributed by atoms with Crippen LogP contribution >= 0.6 is 22.9 Å². The molecule has 27 heavy (non-hydrogen) atoms. The van der Waals surface area contributed by atoms with Crippen molar-refractivity contribution in [3.05, 3.63) is 51.7 Å². The van der Waals surface area contributed by atoms with Crippen LogP contribution in [0.4, 0.5) is 0 Å². The van der Waals surface area contributed by atoms with E-state index in [1.54, 1.807) is 55.6 Å². The summed E-state index contributed by atoms with van der Waals surface area (Å²) in [6.45, 7) is 3.26. The average molecular weight is 410 g/mol. The SMILES string of the molecule is CC(C)[C@@H](NC(=O)c1cccs1)C(=O)NNC(=O)COc1ccccc1Cl. The molecule has 3 amide bonds. The molecule has 0 saturated heterocycles. The van der Waals surface area contributed by atoms with Crippen molar-refractivity contribution < 1.29 is 19.1 Å². The smallest absolute Gasteiger partial charge is 0.276 e. The number of hydrogen-bond acceptors (Lipinski definition) is 5. The molecule has 1 atom stereocenters. The van der Waals surface area contributed by atoms with E-state index in [1.807, 2.05) is 0 Å². The molecule has 144 valence electrons. The maximum atomic E-state index is 12.3. The van der Waals surface area contributed by atoms with Gasteiger partial charge in [-0.15, -0.1) is 11.3 Å². The molecular weight excluding hydrogens is 390 g/mol. The molecule has 2 rings (SSSR count). The second-order valence-corrected chi connectivity index (χ2v) is 7.28. The highest BCUT2D eigenvalue weighted by Crippen LogP contribution is 2.22.